The summed E-state index contributed by atoms with van der Waals surface area (Å²) in [6.45, 7) is 2.92. The van der Waals surface area contributed by atoms with Crippen molar-refractivity contribution in [1.82, 2.24) is 4.90 Å². The minimum absolute atomic E-state index is 0.0743. The number of nitrogens with zero attached hydrogens (tertiary/aromatic N) is 1. The number of unbranched alkanes of at least 4 members (excludes halogenated alkanes) is 1. The summed E-state index contributed by atoms with van der Waals surface area (Å²) in [5, 5.41) is 9.58. The Bertz CT molecular complexity index is 357. The van der Waals surface area contributed by atoms with Gasteiger partial charge >= 0.3 is 5.97 Å². The van der Waals surface area contributed by atoms with Crippen LogP contribution in [0.2, 0.25) is 0 Å². The van der Waals surface area contributed by atoms with Gasteiger partial charge in [0, 0.05) is 19.0 Å². The molecule has 2 rings (SSSR count). The van der Waals surface area contributed by atoms with E-state index in [9.17, 15) is 14.7 Å². The van der Waals surface area contributed by atoms with Gasteiger partial charge in [-0.15, -0.1) is 0 Å². The second kappa shape index (κ2) is 6.59. The highest BCUT2D eigenvalue weighted by atomic mass is 16.4. The van der Waals surface area contributed by atoms with Crippen LogP contribution in [-0.4, -0.2) is 34.5 Å². The molecule has 0 aromatic heterocycles. The number of hydrogen-bond acceptors (Lipinski definition) is 2. The molecule has 2 fully saturated rings. The van der Waals surface area contributed by atoms with Crippen molar-refractivity contribution in [3.05, 3.63) is 0 Å². The smallest absolute Gasteiger partial charge is 0.310 e. The number of carboxylic acids is 1. The van der Waals surface area contributed by atoms with Crippen LogP contribution in [0.25, 0.3) is 0 Å². The Balaban J connectivity index is 2.00. The van der Waals surface area contributed by atoms with Gasteiger partial charge in [0.15, 0.2) is 0 Å². The molecular weight excluding hydrogens is 254 g/mol. The minimum Gasteiger partial charge on any atom is -0.481 e. The lowest BCUT2D eigenvalue weighted by molar-refractivity contribution is -0.156. The van der Waals surface area contributed by atoms with E-state index < -0.39 is 11.4 Å². The summed E-state index contributed by atoms with van der Waals surface area (Å²) >= 11 is 0. The fraction of sp³-hybridized carbons (Fsp3) is 0.875. The summed E-state index contributed by atoms with van der Waals surface area (Å²) in [5.41, 5.74) is -0.783. The Morgan fingerprint density at radius 1 is 1.20 bits per heavy atom. The molecule has 0 aromatic carbocycles. The van der Waals surface area contributed by atoms with E-state index in [0.29, 0.717) is 18.9 Å². The SMILES string of the molecule is CCCCN(C(=O)CC1(C(=O)O)CCCCC1)C1CC1. The van der Waals surface area contributed by atoms with Gasteiger partial charge in [-0.05, 0) is 32.1 Å². The maximum Gasteiger partial charge on any atom is 0.310 e. The van der Waals surface area contributed by atoms with Crippen LogP contribution in [0.4, 0.5) is 0 Å². The molecule has 0 aromatic rings. The van der Waals surface area contributed by atoms with Crippen LogP contribution in [0.3, 0.4) is 0 Å². The van der Waals surface area contributed by atoms with Crippen molar-refractivity contribution < 1.29 is 14.7 Å². The molecule has 2 saturated carbocycles. The molecule has 0 bridgehead atoms. The number of hydrogen-bond donors (Lipinski definition) is 1. The van der Waals surface area contributed by atoms with Crippen molar-refractivity contribution in [3.8, 4) is 0 Å². The zero-order valence-electron chi connectivity index (χ0n) is 12.6. The Kier molecular flexibility index (Phi) is 5.06. The number of amides is 1. The lowest BCUT2D eigenvalue weighted by Crippen LogP contribution is -2.42. The molecule has 4 heteroatoms. The zero-order chi connectivity index (χ0) is 14.6. The first-order chi connectivity index (χ1) is 9.59. The maximum atomic E-state index is 12.6. The average Bonchev–Trinajstić information content (AvgIpc) is 3.24. The third-order valence-corrected chi connectivity index (χ3v) is 4.81. The third-order valence-electron chi connectivity index (χ3n) is 4.81. The summed E-state index contributed by atoms with van der Waals surface area (Å²) in [7, 11) is 0. The second-order valence-electron chi connectivity index (χ2n) is 6.49. The average molecular weight is 281 g/mol. The van der Waals surface area contributed by atoms with Gasteiger partial charge < -0.3 is 10.0 Å². The first-order valence-electron chi connectivity index (χ1n) is 8.12. The first kappa shape index (κ1) is 15.3. The molecule has 0 unspecified atom stereocenters. The molecule has 0 radical (unpaired) electrons. The molecule has 0 saturated heterocycles. The summed E-state index contributed by atoms with van der Waals surface area (Å²) in [6.07, 6.45) is 8.80. The first-order valence-corrected chi connectivity index (χ1v) is 8.12. The number of carboxylic acid groups (broad SMARTS) is 1. The minimum atomic E-state index is -0.783. The normalized spacial score (nSPS) is 21.4. The molecule has 1 amide bonds. The third kappa shape index (κ3) is 3.53. The highest BCUT2D eigenvalue weighted by Gasteiger charge is 2.43. The van der Waals surface area contributed by atoms with Gasteiger partial charge in [-0.25, -0.2) is 0 Å². The Hall–Kier alpha value is -1.06. The number of carbonyl (C=O) groups excluding carboxylic acids is 1. The Morgan fingerprint density at radius 2 is 1.85 bits per heavy atom. The van der Waals surface area contributed by atoms with E-state index in [-0.39, 0.29) is 12.3 Å². The van der Waals surface area contributed by atoms with Crippen LogP contribution in [0, 0.1) is 5.41 Å². The van der Waals surface area contributed by atoms with Gasteiger partial charge in [0.1, 0.15) is 0 Å². The number of carbonyl (C=O) groups is 2. The summed E-state index contributed by atoms with van der Waals surface area (Å²) in [5.74, 6) is -0.693. The second-order valence-corrected chi connectivity index (χ2v) is 6.49. The highest BCUT2D eigenvalue weighted by molar-refractivity contribution is 5.85. The van der Waals surface area contributed by atoms with E-state index in [4.69, 9.17) is 0 Å². The fourth-order valence-electron chi connectivity index (χ4n) is 3.31. The van der Waals surface area contributed by atoms with Crippen LogP contribution in [-0.2, 0) is 9.59 Å². The summed E-state index contributed by atoms with van der Waals surface area (Å²) < 4.78 is 0. The lowest BCUT2D eigenvalue weighted by Gasteiger charge is -2.34. The van der Waals surface area contributed by atoms with Crippen LogP contribution in [0.5, 0.6) is 0 Å². The van der Waals surface area contributed by atoms with Crippen molar-refractivity contribution in [1.29, 1.82) is 0 Å². The van der Waals surface area contributed by atoms with Gasteiger partial charge in [0.05, 0.1) is 5.41 Å². The van der Waals surface area contributed by atoms with Crippen molar-refractivity contribution in [2.24, 2.45) is 5.41 Å². The van der Waals surface area contributed by atoms with E-state index in [0.717, 1.165) is 51.5 Å². The highest BCUT2D eigenvalue weighted by Crippen LogP contribution is 2.41. The zero-order valence-corrected chi connectivity index (χ0v) is 12.6. The van der Waals surface area contributed by atoms with Gasteiger partial charge in [0.25, 0.3) is 0 Å². The summed E-state index contributed by atoms with van der Waals surface area (Å²) in [4.78, 5) is 26.2. The molecule has 20 heavy (non-hydrogen) atoms. The molecule has 4 nitrogen and oxygen atoms in total. The van der Waals surface area contributed by atoms with Crippen molar-refractivity contribution in [2.75, 3.05) is 6.54 Å². The number of aliphatic carboxylic acids is 1. The Morgan fingerprint density at radius 3 is 2.35 bits per heavy atom. The molecule has 2 aliphatic carbocycles. The van der Waals surface area contributed by atoms with Crippen LogP contribution in [0.15, 0.2) is 0 Å². The molecule has 2 aliphatic rings. The quantitative estimate of drug-likeness (QED) is 0.779. The van der Waals surface area contributed by atoms with Gasteiger partial charge in [-0.1, -0.05) is 32.6 Å². The maximum absolute atomic E-state index is 12.6. The Labute approximate surface area is 121 Å². The van der Waals surface area contributed by atoms with Crippen LogP contribution < -0.4 is 0 Å². The standard InChI is InChI=1S/C16H27NO3/c1-2-3-11-17(13-7-8-13)14(18)12-16(15(19)20)9-5-4-6-10-16/h13H,2-12H2,1H3,(H,19,20). The van der Waals surface area contributed by atoms with E-state index in [1.165, 1.54) is 0 Å². The topological polar surface area (TPSA) is 57.6 Å². The predicted octanol–water partition coefficient (Wildman–Crippen LogP) is 3.20. The molecule has 0 aliphatic heterocycles. The monoisotopic (exact) mass is 281 g/mol. The van der Waals surface area contributed by atoms with Crippen molar-refractivity contribution in [2.45, 2.75) is 77.2 Å². The van der Waals surface area contributed by atoms with Crippen LogP contribution in [0.1, 0.15) is 71.1 Å². The molecule has 0 spiro atoms. The van der Waals surface area contributed by atoms with Crippen LogP contribution >= 0.6 is 0 Å². The molecule has 0 heterocycles. The van der Waals surface area contributed by atoms with E-state index in [1.807, 2.05) is 4.90 Å². The molecule has 114 valence electrons. The van der Waals surface area contributed by atoms with Crippen molar-refractivity contribution >= 4 is 11.9 Å². The fourth-order valence-corrected chi connectivity index (χ4v) is 3.31. The van der Waals surface area contributed by atoms with E-state index >= 15 is 0 Å². The molecule has 1 N–H and O–H groups in total. The van der Waals surface area contributed by atoms with Gasteiger partial charge in [-0.2, -0.15) is 0 Å². The molecule has 0 atom stereocenters. The van der Waals surface area contributed by atoms with Gasteiger partial charge in [0.2, 0.25) is 5.91 Å². The summed E-state index contributed by atoms with van der Waals surface area (Å²) in [6, 6.07) is 0.392. The molecular formula is C16H27NO3. The predicted molar refractivity (Wildman–Crippen MR) is 77.4 cm³/mol. The van der Waals surface area contributed by atoms with E-state index in [2.05, 4.69) is 6.92 Å². The van der Waals surface area contributed by atoms with Gasteiger partial charge in [-0.3, -0.25) is 9.59 Å². The lowest BCUT2D eigenvalue weighted by atomic mass is 9.71. The number of rotatable bonds is 7. The van der Waals surface area contributed by atoms with Crippen molar-refractivity contribution in [3.63, 3.8) is 0 Å². The van der Waals surface area contributed by atoms with E-state index in [1.54, 1.807) is 0 Å². The largest absolute Gasteiger partial charge is 0.481 e.